The number of hydrogen-bond donors (Lipinski definition) is 2. The Morgan fingerprint density at radius 2 is 1.86 bits per heavy atom. The Kier molecular flexibility index (Phi) is 3.70. The summed E-state index contributed by atoms with van der Waals surface area (Å²) in [5, 5.41) is 11.0. The van der Waals surface area contributed by atoms with E-state index in [-0.39, 0.29) is 12.0 Å². The van der Waals surface area contributed by atoms with Crippen LogP contribution >= 0.6 is 0 Å². The second-order valence-electron chi connectivity index (χ2n) is 5.07. The molecule has 2 N–H and O–H groups in total. The standard InChI is InChI=1S/C17H14N2O3/c20-16(21)9-13-10-18-15(19-17(13)22)8-12-6-3-5-11-4-1-2-7-14(11)12/h1-7,10H,8-9H2,(H,20,21)(H,18,19,22). The number of nitrogens with zero attached hydrogens (tertiary/aromatic N) is 1. The van der Waals surface area contributed by atoms with Crippen LogP contribution in [0.3, 0.4) is 0 Å². The minimum atomic E-state index is -1.05. The fourth-order valence-corrected chi connectivity index (χ4v) is 2.46. The molecule has 0 aliphatic heterocycles. The highest BCUT2D eigenvalue weighted by atomic mass is 16.4. The molecule has 0 atom stereocenters. The second-order valence-corrected chi connectivity index (χ2v) is 5.07. The molecule has 3 aromatic rings. The third kappa shape index (κ3) is 2.88. The topological polar surface area (TPSA) is 83.0 Å². The van der Waals surface area contributed by atoms with Crippen LogP contribution in [0.2, 0.25) is 0 Å². The fourth-order valence-electron chi connectivity index (χ4n) is 2.46. The fraction of sp³-hybridized carbons (Fsp3) is 0.118. The van der Waals surface area contributed by atoms with Crippen LogP contribution in [0, 0.1) is 0 Å². The van der Waals surface area contributed by atoms with Crippen molar-refractivity contribution in [2.45, 2.75) is 12.8 Å². The molecule has 0 aliphatic rings. The van der Waals surface area contributed by atoms with Crippen LogP contribution in [-0.4, -0.2) is 21.0 Å². The Morgan fingerprint density at radius 3 is 2.64 bits per heavy atom. The second kappa shape index (κ2) is 5.81. The number of carboxylic acid groups (broad SMARTS) is 1. The van der Waals surface area contributed by atoms with Gasteiger partial charge in [-0.25, -0.2) is 4.98 Å². The SMILES string of the molecule is O=C(O)Cc1cnc(Cc2cccc3ccccc23)[nH]c1=O. The lowest BCUT2D eigenvalue weighted by Gasteiger charge is -2.06. The molecule has 1 aromatic heterocycles. The number of carboxylic acids is 1. The molecule has 0 spiro atoms. The molecule has 0 aliphatic carbocycles. The number of fused-ring (bicyclic) bond motifs is 1. The maximum atomic E-state index is 11.9. The number of aromatic nitrogens is 2. The number of H-pyrrole nitrogens is 1. The molecular formula is C17H14N2O3. The molecule has 2 aromatic carbocycles. The summed E-state index contributed by atoms with van der Waals surface area (Å²) in [4.78, 5) is 29.4. The summed E-state index contributed by atoms with van der Waals surface area (Å²) in [5.41, 5.74) is 0.828. The third-order valence-electron chi connectivity index (χ3n) is 3.51. The molecule has 0 radical (unpaired) electrons. The van der Waals surface area contributed by atoms with E-state index in [1.54, 1.807) is 0 Å². The monoisotopic (exact) mass is 294 g/mol. The summed E-state index contributed by atoms with van der Waals surface area (Å²) < 4.78 is 0. The quantitative estimate of drug-likeness (QED) is 0.772. The summed E-state index contributed by atoms with van der Waals surface area (Å²) in [5.74, 6) is -0.524. The predicted octanol–water partition coefficient (Wildman–Crippen LogP) is 2.14. The van der Waals surface area contributed by atoms with Gasteiger partial charge in [0.1, 0.15) is 5.82 Å². The minimum absolute atomic E-state index is 0.161. The van der Waals surface area contributed by atoms with Crippen molar-refractivity contribution in [1.82, 2.24) is 9.97 Å². The Labute approximate surface area is 126 Å². The smallest absolute Gasteiger partial charge is 0.308 e. The van der Waals surface area contributed by atoms with Crippen molar-refractivity contribution in [3.05, 3.63) is 76.0 Å². The van der Waals surface area contributed by atoms with Crippen LogP contribution in [0.15, 0.2) is 53.5 Å². The first-order chi connectivity index (χ1) is 10.6. The highest BCUT2D eigenvalue weighted by molar-refractivity contribution is 5.85. The van der Waals surface area contributed by atoms with Crippen LogP contribution < -0.4 is 5.56 Å². The van der Waals surface area contributed by atoms with Gasteiger partial charge in [0.15, 0.2) is 0 Å². The average Bonchev–Trinajstić information content (AvgIpc) is 2.50. The minimum Gasteiger partial charge on any atom is -0.481 e. The van der Waals surface area contributed by atoms with Crippen molar-refractivity contribution in [3.8, 4) is 0 Å². The maximum absolute atomic E-state index is 11.9. The van der Waals surface area contributed by atoms with Gasteiger partial charge in [-0.05, 0) is 16.3 Å². The van der Waals surface area contributed by atoms with Crippen LogP contribution in [0.4, 0.5) is 0 Å². The first kappa shape index (κ1) is 14.0. The van der Waals surface area contributed by atoms with Gasteiger partial charge in [-0.3, -0.25) is 9.59 Å². The molecule has 5 heteroatoms. The summed E-state index contributed by atoms with van der Waals surface area (Å²) in [6, 6.07) is 14.0. The Bertz CT molecular complexity index is 894. The molecule has 1 heterocycles. The Hall–Kier alpha value is -2.95. The summed E-state index contributed by atoms with van der Waals surface area (Å²) in [6.07, 6.45) is 1.51. The first-order valence-corrected chi connectivity index (χ1v) is 6.89. The van der Waals surface area contributed by atoms with Gasteiger partial charge in [0, 0.05) is 18.2 Å². The van der Waals surface area contributed by atoms with Gasteiger partial charge in [0.05, 0.1) is 6.42 Å². The van der Waals surface area contributed by atoms with Crippen LogP contribution in [0.1, 0.15) is 17.0 Å². The number of carbonyl (C=O) groups is 1. The molecule has 5 nitrogen and oxygen atoms in total. The number of hydrogen-bond acceptors (Lipinski definition) is 3. The normalized spacial score (nSPS) is 10.7. The zero-order chi connectivity index (χ0) is 15.5. The van der Waals surface area contributed by atoms with E-state index in [0.717, 1.165) is 16.3 Å². The van der Waals surface area contributed by atoms with E-state index in [1.165, 1.54) is 6.20 Å². The summed E-state index contributed by atoms with van der Waals surface area (Å²) in [7, 11) is 0. The van der Waals surface area contributed by atoms with Gasteiger partial charge in [-0.2, -0.15) is 0 Å². The molecule has 0 amide bonds. The van der Waals surface area contributed by atoms with Crippen LogP contribution in [-0.2, 0) is 17.6 Å². The van der Waals surface area contributed by atoms with Gasteiger partial charge in [0.25, 0.3) is 5.56 Å². The lowest BCUT2D eigenvalue weighted by Crippen LogP contribution is -2.19. The number of aromatic amines is 1. The van der Waals surface area contributed by atoms with Gasteiger partial charge in [0.2, 0.25) is 0 Å². The zero-order valence-electron chi connectivity index (χ0n) is 11.7. The van der Waals surface area contributed by atoms with Gasteiger partial charge < -0.3 is 10.1 Å². The molecule has 0 saturated heterocycles. The molecule has 110 valence electrons. The van der Waals surface area contributed by atoms with Crippen molar-refractivity contribution in [1.29, 1.82) is 0 Å². The molecule has 22 heavy (non-hydrogen) atoms. The van der Waals surface area contributed by atoms with Gasteiger partial charge >= 0.3 is 5.97 Å². The maximum Gasteiger partial charge on any atom is 0.308 e. The van der Waals surface area contributed by atoms with Crippen molar-refractivity contribution in [2.24, 2.45) is 0 Å². The number of nitrogens with one attached hydrogen (secondary N) is 1. The highest BCUT2D eigenvalue weighted by Crippen LogP contribution is 2.19. The first-order valence-electron chi connectivity index (χ1n) is 6.89. The molecule has 0 saturated carbocycles. The zero-order valence-corrected chi connectivity index (χ0v) is 11.7. The molecule has 0 unspecified atom stereocenters. The summed E-state index contributed by atoms with van der Waals surface area (Å²) in [6.45, 7) is 0. The highest BCUT2D eigenvalue weighted by Gasteiger charge is 2.08. The van der Waals surface area contributed by atoms with Crippen molar-refractivity contribution < 1.29 is 9.90 Å². The van der Waals surface area contributed by atoms with E-state index in [1.807, 2.05) is 42.5 Å². The Morgan fingerprint density at radius 1 is 1.09 bits per heavy atom. The van der Waals surface area contributed by atoms with Crippen LogP contribution in [0.5, 0.6) is 0 Å². The number of aliphatic carboxylic acids is 1. The van der Waals surface area contributed by atoms with E-state index in [0.29, 0.717) is 12.2 Å². The van der Waals surface area contributed by atoms with Crippen molar-refractivity contribution in [2.75, 3.05) is 0 Å². The third-order valence-corrected chi connectivity index (χ3v) is 3.51. The molecule has 0 fully saturated rings. The van der Waals surface area contributed by atoms with E-state index in [9.17, 15) is 9.59 Å². The van der Waals surface area contributed by atoms with Crippen LogP contribution in [0.25, 0.3) is 10.8 Å². The molecule has 3 rings (SSSR count). The average molecular weight is 294 g/mol. The Balaban J connectivity index is 1.94. The lowest BCUT2D eigenvalue weighted by molar-refractivity contribution is -0.136. The lowest BCUT2D eigenvalue weighted by atomic mass is 10.0. The number of benzene rings is 2. The van der Waals surface area contributed by atoms with Gasteiger partial charge in [-0.1, -0.05) is 42.5 Å². The summed E-state index contributed by atoms with van der Waals surface area (Å²) >= 11 is 0. The van der Waals surface area contributed by atoms with Crippen molar-refractivity contribution in [3.63, 3.8) is 0 Å². The van der Waals surface area contributed by atoms with Crippen molar-refractivity contribution >= 4 is 16.7 Å². The number of rotatable bonds is 4. The van der Waals surface area contributed by atoms with E-state index in [4.69, 9.17) is 5.11 Å². The van der Waals surface area contributed by atoms with E-state index >= 15 is 0 Å². The van der Waals surface area contributed by atoms with E-state index < -0.39 is 11.5 Å². The predicted molar refractivity (Wildman–Crippen MR) is 83.0 cm³/mol. The largest absolute Gasteiger partial charge is 0.481 e. The van der Waals surface area contributed by atoms with E-state index in [2.05, 4.69) is 9.97 Å². The molecule has 0 bridgehead atoms. The van der Waals surface area contributed by atoms with Gasteiger partial charge in [-0.15, -0.1) is 0 Å². The molecular weight excluding hydrogens is 280 g/mol.